The summed E-state index contributed by atoms with van der Waals surface area (Å²) in [5.41, 5.74) is 1.76. The van der Waals surface area contributed by atoms with Crippen LogP contribution in [0.25, 0.3) is 0 Å². The summed E-state index contributed by atoms with van der Waals surface area (Å²) in [4.78, 5) is 0. The van der Waals surface area contributed by atoms with Crippen molar-refractivity contribution in [3.05, 3.63) is 53.5 Å². The molecule has 0 aliphatic rings. The molecule has 0 spiro atoms. The SMILES string of the molecule is N#Cc1ccc(CNc2cccc(CO)c2)o1. The standard InChI is InChI=1S/C13H12N2O2/c14-7-12-4-5-13(17-12)8-15-11-3-1-2-10(6-11)9-16/h1-6,15-16H,8-9H2. The van der Waals surface area contributed by atoms with Gasteiger partial charge in [-0.25, -0.2) is 0 Å². The maximum atomic E-state index is 9.00. The van der Waals surface area contributed by atoms with Crippen molar-refractivity contribution in [3.8, 4) is 6.07 Å². The van der Waals surface area contributed by atoms with Crippen LogP contribution in [0.4, 0.5) is 5.69 Å². The maximum Gasteiger partial charge on any atom is 0.203 e. The van der Waals surface area contributed by atoms with Gasteiger partial charge in [-0.05, 0) is 29.8 Å². The molecule has 0 unspecified atom stereocenters. The van der Waals surface area contributed by atoms with Crippen LogP contribution in [0.1, 0.15) is 17.1 Å². The molecule has 0 atom stereocenters. The molecule has 0 radical (unpaired) electrons. The van der Waals surface area contributed by atoms with E-state index in [0.717, 1.165) is 11.3 Å². The highest BCUT2D eigenvalue weighted by Crippen LogP contribution is 2.13. The third kappa shape index (κ3) is 2.86. The van der Waals surface area contributed by atoms with Gasteiger partial charge in [-0.1, -0.05) is 12.1 Å². The fourth-order valence-corrected chi connectivity index (χ4v) is 1.50. The molecule has 0 amide bonds. The van der Waals surface area contributed by atoms with Crippen molar-refractivity contribution in [2.24, 2.45) is 0 Å². The van der Waals surface area contributed by atoms with Crippen LogP contribution in [0.3, 0.4) is 0 Å². The molecule has 0 fully saturated rings. The van der Waals surface area contributed by atoms with Crippen LogP contribution < -0.4 is 5.32 Å². The third-order valence-electron chi connectivity index (χ3n) is 2.35. The van der Waals surface area contributed by atoms with Crippen molar-refractivity contribution in [2.75, 3.05) is 5.32 Å². The highest BCUT2D eigenvalue weighted by Gasteiger charge is 2.01. The smallest absolute Gasteiger partial charge is 0.203 e. The zero-order chi connectivity index (χ0) is 12.1. The summed E-state index contributed by atoms with van der Waals surface area (Å²) in [6.07, 6.45) is 0. The zero-order valence-corrected chi connectivity index (χ0v) is 9.18. The molecule has 1 heterocycles. The van der Waals surface area contributed by atoms with Crippen LogP contribution in [0.2, 0.25) is 0 Å². The van der Waals surface area contributed by atoms with Crippen molar-refractivity contribution in [3.63, 3.8) is 0 Å². The Hall–Kier alpha value is -2.25. The number of aliphatic hydroxyl groups is 1. The topological polar surface area (TPSA) is 69.2 Å². The summed E-state index contributed by atoms with van der Waals surface area (Å²) in [6.45, 7) is 0.533. The maximum absolute atomic E-state index is 9.00. The van der Waals surface area contributed by atoms with E-state index in [9.17, 15) is 0 Å². The largest absolute Gasteiger partial charge is 0.449 e. The number of rotatable bonds is 4. The lowest BCUT2D eigenvalue weighted by molar-refractivity contribution is 0.282. The zero-order valence-electron chi connectivity index (χ0n) is 9.18. The number of nitrogens with zero attached hydrogens (tertiary/aromatic N) is 1. The lowest BCUT2D eigenvalue weighted by Gasteiger charge is -2.05. The van der Waals surface area contributed by atoms with E-state index >= 15 is 0 Å². The first kappa shape index (κ1) is 11.2. The predicted molar refractivity (Wildman–Crippen MR) is 63.1 cm³/mol. The second-order valence-corrected chi connectivity index (χ2v) is 3.59. The molecule has 2 aromatic rings. The summed E-state index contributed by atoms with van der Waals surface area (Å²) in [6, 6.07) is 12.8. The first-order valence-electron chi connectivity index (χ1n) is 5.24. The minimum absolute atomic E-state index is 0.0227. The molecule has 86 valence electrons. The number of hydrogen-bond acceptors (Lipinski definition) is 4. The predicted octanol–water partition coefficient (Wildman–Crippen LogP) is 2.26. The minimum atomic E-state index is 0.0227. The Morgan fingerprint density at radius 3 is 2.88 bits per heavy atom. The Morgan fingerprint density at radius 2 is 2.18 bits per heavy atom. The van der Waals surface area contributed by atoms with E-state index in [-0.39, 0.29) is 6.61 Å². The molecule has 0 saturated carbocycles. The van der Waals surface area contributed by atoms with Gasteiger partial charge in [0.15, 0.2) is 0 Å². The number of aliphatic hydroxyl groups excluding tert-OH is 1. The van der Waals surface area contributed by atoms with E-state index < -0.39 is 0 Å². The molecule has 0 saturated heterocycles. The summed E-state index contributed by atoms with van der Waals surface area (Å²) in [5.74, 6) is 1.02. The van der Waals surface area contributed by atoms with Gasteiger partial charge in [0.05, 0.1) is 13.2 Å². The van der Waals surface area contributed by atoms with E-state index in [4.69, 9.17) is 14.8 Å². The molecule has 1 aromatic carbocycles. The molecular weight excluding hydrogens is 216 g/mol. The second-order valence-electron chi connectivity index (χ2n) is 3.59. The highest BCUT2D eigenvalue weighted by atomic mass is 16.3. The Bertz CT molecular complexity index is 540. The van der Waals surface area contributed by atoms with Gasteiger partial charge in [0.25, 0.3) is 0 Å². The molecule has 4 nitrogen and oxygen atoms in total. The average Bonchev–Trinajstić information content (AvgIpc) is 2.84. The summed E-state index contributed by atoms with van der Waals surface area (Å²) >= 11 is 0. The van der Waals surface area contributed by atoms with Gasteiger partial charge in [-0.2, -0.15) is 5.26 Å². The first-order valence-corrected chi connectivity index (χ1v) is 5.24. The van der Waals surface area contributed by atoms with Gasteiger partial charge >= 0.3 is 0 Å². The summed E-state index contributed by atoms with van der Waals surface area (Å²) in [7, 11) is 0. The average molecular weight is 228 g/mol. The Morgan fingerprint density at radius 1 is 1.29 bits per heavy atom. The monoisotopic (exact) mass is 228 g/mol. The van der Waals surface area contributed by atoms with Crippen LogP contribution >= 0.6 is 0 Å². The lowest BCUT2D eigenvalue weighted by Crippen LogP contribution is -1.98. The molecule has 1 aromatic heterocycles. The molecule has 4 heteroatoms. The first-order chi connectivity index (χ1) is 8.31. The molecule has 2 N–H and O–H groups in total. The number of benzene rings is 1. The lowest BCUT2D eigenvalue weighted by atomic mass is 10.2. The van der Waals surface area contributed by atoms with Crippen molar-refractivity contribution in [1.82, 2.24) is 0 Å². The fraction of sp³-hybridized carbons (Fsp3) is 0.154. The van der Waals surface area contributed by atoms with E-state index in [1.807, 2.05) is 30.3 Å². The van der Waals surface area contributed by atoms with E-state index in [1.165, 1.54) is 0 Å². The number of hydrogen-bond donors (Lipinski definition) is 2. The van der Waals surface area contributed by atoms with Crippen LogP contribution in [0.5, 0.6) is 0 Å². The van der Waals surface area contributed by atoms with Crippen molar-refractivity contribution >= 4 is 5.69 Å². The Labute approximate surface area is 99.1 Å². The van der Waals surface area contributed by atoms with E-state index in [1.54, 1.807) is 12.1 Å². The number of nitriles is 1. The van der Waals surface area contributed by atoms with Crippen LogP contribution in [0, 0.1) is 11.3 Å². The minimum Gasteiger partial charge on any atom is -0.449 e. The van der Waals surface area contributed by atoms with Crippen molar-refractivity contribution in [1.29, 1.82) is 5.26 Å². The van der Waals surface area contributed by atoms with Crippen molar-refractivity contribution in [2.45, 2.75) is 13.2 Å². The normalized spacial score (nSPS) is 9.88. The van der Waals surface area contributed by atoms with Gasteiger partial charge in [-0.15, -0.1) is 0 Å². The molecule has 2 rings (SSSR count). The van der Waals surface area contributed by atoms with Crippen LogP contribution in [-0.2, 0) is 13.2 Å². The quantitative estimate of drug-likeness (QED) is 0.842. The van der Waals surface area contributed by atoms with Crippen LogP contribution in [0.15, 0.2) is 40.8 Å². The molecule has 0 aliphatic carbocycles. The highest BCUT2D eigenvalue weighted by molar-refractivity contribution is 5.45. The van der Waals surface area contributed by atoms with Gasteiger partial charge in [0.2, 0.25) is 5.76 Å². The molecule has 17 heavy (non-hydrogen) atoms. The molecular formula is C13H12N2O2. The van der Waals surface area contributed by atoms with E-state index in [0.29, 0.717) is 18.1 Å². The molecule has 0 bridgehead atoms. The number of furan rings is 1. The summed E-state index contributed by atoms with van der Waals surface area (Å²) < 4.78 is 5.24. The Balaban J connectivity index is 1.99. The van der Waals surface area contributed by atoms with Gasteiger partial charge in [0, 0.05) is 5.69 Å². The van der Waals surface area contributed by atoms with Crippen molar-refractivity contribution < 1.29 is 9.52 Å². The second kappa shape index (κ2) is 5.19. The van der Waals surface area contributed by atoms with Gasteiger partial charge in [-0.3, -0.25) is 0 Å². The van der Waals surface area contributed by atoms with Gasteiger partial charge < -0.3 is 14.8 Å². The fourth-order valence-electron chi connectivity index (χ4n) is 1.50. The third-order valence-corrected chi connectivity index (χ3v) is 2.35. The number of anilines is 1. The Kier molecular flexibility index (Phi) is 3.43. The van der Waals surface area contributed by atoms with Crippen LogP contribution in [-0.4, -0.2) is 5.11 Å². The van der Waals surface area contributed by atoms with Gasteiger partial charge in [0.1, 0.15) is 11.8 Å². The molecule has 0 aliphatic heterocycles. The number of nitrogens with one attached hydrogen (secondary N) is 1. The van der Waals surface area contributed by atoms with E-state index in [2.05, 4.69) is 5.32 Å². The summed E-state index contributed by atoms with van der Waals surface area (Å²) in [5, 5.41) is 20.8.